The Bertz CT molecular complexity index is 340. The summed E-state index contributed by atoms with van der Waals surface area (Å²) in [7, 11) is 0. The van der Waals surface area contributed by atoms with Crippen molar-refractivity contribution in [1.29, 1.82) is 0 Å². The van der Waals surface area contributed by atoms with Gasteiger partial charge in [-0.2, -0.15) is 0 Å². The normalized spacial score (nSPS) is 25.6. The SMILES string of the molecule is Cc1ccoc1C(=O)NC1CC(N)C1. The summed E-state index contributed by atoms with van der Waals surface area (Å²) in [6, 6.07) is 2.25. The van der Waals surface area contributed by atoms with Gasteiger partial charge in [0.25, 0.3) is 5.91 Å². The first-order chi connectivity index (χ1) is 6.66. The summed E-state index contributed by atoms with van der Waals surface area (Å²) < 4.78 is 5.08. The summed E-state index contributed by atoms with van der Waals surface area (Å²) in [4.78, 5) is 11.6. The minimum atomic E-state index is -0.135. The third kappa shape index (κ3) is 1.65. The van der Waals surface area contributed by atoms with E-state index in [9.17, 15) is 4.79 Å². The molecule has 0 aromatic carbocycles. The minimum absolute atomic E-state index is 0.135. The number of nitrogens with two attached hydrogens (primary N) is 1. The second kappa shape index (κ2) is 3.46. The average Bonchev–Trinajstić information content (AvgIpc) is 2.48. The number of carbonyl (C=O) groups excluding carboxylic acids is 1. The van der Waals surface area contributed by atoms with E-state index in [4.69, 9.17) is 10.2 Å². The van der Waals surface area contributed by atoms with Crippen LogP contribution in [0.25, 0.3) is 0 Å². The molecule has 4 nitrogen and oxygen atoms in total. The van der Waals surface area contributed by atoms with Crippen molar-refractivity contribution < 1.29 is 9.21 Å². The van der Waals surface area contributed by atoms with Crippen molar-refractivity contribution in [2.24, 2.45) is 5.73 Å². The zero-order chi connectivity index (χ0) is 10.1. The molecule has 1 fully saturated rings. The van der Waals surface area contributed by atoms with Crippen LogP contribution in [0.15, 0.2) is 16.7 Å². The zero-order valence-electron chi connectivity index (χ0n) is 8.12. The standard InChI is InChI=1S/C10H14N2O2/c1-6-2-3-14-9(6)10(13)12-8-4-7(11)5-8/h2-3,7-8H,4-5,11H2,1H3,(H,12,13). The monoisotopic (exact) mass is 194 g/mol. The average molecular weight is 194 g/mol. The molecular weight excluding hydrogens is 180 g/mol. The number of rotatable bonds is 2. The van der Waals surface area contributed by atoms with Crippen LogP contribution in [0.2, 0.25) is 0 Å². The molecule has 0 saturated heterocycles. The molecule has 1 aliphatic rings. The van der Waals surface area contributed by atoms with Crippen molar-refractivity contribution in [3.8, 4) is 0 Å². The summed E-state index contributed by atoms with van der Waals surface area (Å²) in [6.07, 6.45) is 3.26. The van der Waals surface area contributed by atoms with Crippen LogP contribution in [0.3, 0.4) is 0 Å². The molecule has 14 heavy (non-hydrogen) atoms. The van der Waals surface area contributed by atoms with Crippen molar-refractivity contribution in [1.82, 2.24) is 5.32 Å². The van der Waals surface area contributed by atoms with Crippen LogP contribution < -0.4 is 11.1 Å². The molecule has 1 aliphatic carbocycles. The lowest BCUT2D eigenvalue weighted by Gasteiger charge is -2.32. The smallest absolute Gasteiger partial charge is 0.287 e. The Morgan fingerprint density at radius 2 is 2.36 bits per heavy atom. The van der Waals surface area contributed by atoms with Crippen molar-refractivity contribution in [3.63, 3.8) is 0 Å². The Kier molecular flexibility index (Phi) is 2.29. The molecule has 0 aliphatic heterocycles. The molecule has 1 aromatic heterocycles. The van der Waals surface area contributed by atoms with Crippen molar-refractivity contribution in [2.45, 2.75) is 31.8 Å². The fraction of sp³-hybridized carbons (Fsp3) is 0.500. The predicted molar refractivity (Wildman–Crippen MR) is 51.9 cm³/mol. The molecule has 0 unspecified atom stereocenters. The highest BCUT2D eigenvalue weighted by Gasteiger charge is 2.28. The molecule has 1 heterocycles. The lowest BCUT2D eigenvalue weighted by atomic mass is 9.87. The van der Waals surface area contributed by atoms with E-state index in [1.807, 2.05) is 6.92 Å². The second-order valence-electron chi connectivity index (χ2n) is 3.83. The quantitative estimate of drug-likeness (QED) is 0.732. The van der Waals surface area contributed by atoms with E-state index in [1.165, 1.54) is 6.26 Å². The van der Waals surface area contributed by atoms with Crippen LogP contribution >= 0.6 is 0 Å². The topological polar surface area (TPSA) is 68.3 Å². The molecule has 1 amide bonds. The Hall–Kier alpha value is -1.29. The van der Waals surface area contributed by atoms with Gasteiger partial charge < -0.3 is 15.5 Å². The van der Waals surface area contributed by atoms with E-state index < -0.39 is 0 Å². The highest BCUT2D eigenvalue weighted by atomic mass is 16.3. The molecule has 4 heteroatoms. The summed E-state index contributed by atoms with van der Waals surface area (Å²) in [5, 5.41) is 2.88. The van der Waals surface area contributed by atoms with Gasteiger partial charge in [0.2, 0.25) is 0 Å². The Labute approximate surface area is 82.5 Å². The maximum atomic E-state index is 11.6. The van der Waals surface area contributed by atoms with E-state index in [2.05, 4.69) is 5.32 Å². The molecule has 0 spiro atoms. The van der Waals surface area contributed by atoms with Gasteiger partial charge >= 0.3 is 0 Å². The number of furan rings is 1. The number of aryl methyl sites for hydroxylation is 1. The third-order valence-corrected chi connectivity index (χ3v) is 2.58. The van der Waals surface area contributed by atoms with Gasteiger partial charge in [0.05, 0.1) is 6.26 Å². The molecule has 1 saturated carbocycles. The van der Waals surface area contributed by atoms with Gasteiger partial charge in [0, 0.05) is 17.6 Å². The van der Waals surface area contributed by atoms with Crippen LogP contribution in [-0.2, 0) is 0 Å². The third-order valence-electron chi connectivity index (χ3n) is 2.58. The molecule has 2 rings (SSSR count). The first-order valence-electron chi connectivity index (χ1n) is 4.77. The first-order valence-corrected chi connectivity index (χ1v) is 4.77. The van der Waals surface area contributed by atoms with Crippen molar-refractivity contribution in [2.75, 3.05) is 0 Å². The van der Waals surface area contributed by atoms with Crippen molar-refractivity contribution in [3.05, 3.63) is 23.7 Å². The van der Waals surface area contributed by atoms with E-state index in [1.54, 1.807) is 6.07 Å². The van der Waals surface area contributed by atoms with Gasteiger partial charge in [-0.1, -0.05) is 0 Å². The van der Waals surface area contributed by atoms with Crippen LogP contribution in [0, 0.1) is 6.92 Å². The molecular formula is C10H14N2O2. The summed E-state index contributed by atoms with van der Waals surface area (Å²) in [5.41, 5.74) is 6.49. The van der Waals surface area contributed by atoms with Crippen LogP contribution in [-0.4, -0.2) is 18.0 Å². The lowest BCUT2D eigenvalue weighted by molar-refractivity contribution is 0.0881. The van der Waals surface area contributed by atoms with Gasteiger partial charge in [-0.25, -0.2) is 0 Å². The van der Waals surface area contributed by atoms with Gasteiger partial charge in [0.1, 0.15) is 0 Å². The highest BCUT2D eigenvalue weighted by molar-refractivity contribution is 5.93. The first kappa shape index (κ1) is 9.27. The van der Waals surface area contributed by atoms with E-state index in [0.29, 0.717) is 5.76 Å². The Morgan fingerprint density at radius 1 is 1.64 bits per heavy atom. The number of carbonyl (C=O) groups is 1. The largest absolute Gasteiger partial charge is 0.459 e. The van der Waals surface area contributed by atoms with Crippen LogP contribution in [0.4, 0.5) is 0 Å². The molecule has 0 atom stereocenters. The second-order valence-corrected chi connectivity index (χ2v) is 3.83. The fourth-order valence-corrected chi connectivity index (χ4v) is 1.64. The molecule has 76 valence electrons. The van der Waals surface area contributed by atoms with Gasteiger partial charge in [0.15, 0.2) is 5.76 Å². The molecule has 1 aromatic rings. The summed E-state index contributed by atoms with van der Waals surface area (Å²) >= 11 is 0. The highest BCUT2D eigenvalue weighted by Crippen LogP contribution is 2.18. The summed E-state index contributed by atoms with van der Waals surface area (Å²) in [6.45, 7) is 1.85. The fourth-order valence-electron chi connectivity index (χ4n) is 1.64. The molecule has 0 radical (unpaired) electrons. The molecule has 3 N–H and O–H groups in total. The number of amides is 1. The predicted octanol–water partition coefficient (Wildman–Crippen LogP) is 0.808. The van der Waals surface area contributed by atoms with Gasteiger partial charge in [-0.15, -0.1) is 0 Å². The summed E-state index contributed by atoms with van der Waals surface area (Å²) in [5.74, 6) is 0.273. The van der Waals surface area contributed by atoms with E-state index >= 15 is 0 Å². The maximum absolute atomic E-state index is 11.6. The van der Waals surface area contributed by atoms with Gasteiger partial charge in [-0.05, 0) is 25.8 Å². The zero-order valence-corrected chi connectivity index (χ0v) is 8.12. The number of hydrogen-bond acceptors (Lipinski definition) is 3. The van der Waals surface area contributed by atoms with E-state index in [-0.39, 0.29) is 18.0 Å². The van der Waals surface area contributed by atoms with Crippen molar-refractivity contribution >= 4 is 5.91 Å². The number of hydrogen-bond donors (Lipinski definition) is 2. The lowest BCUT2D eigenvalue weighted by Crippen LogP contribution is -2.50. The minimum Gasteiger partial charge on any atom is -0.459 e. The Balaban J connectivity index is 1.93. The Morgan fingerprint density at radius 3 is 2.86 bits per heavy atom. The van der Waals surface area contributed by atoms with Gasteiger partial charge in [-0.3, -0.25) is 4.79 Å². The van der Waals surface area contributed by atoms with E-state index in [0.717, 1.165) is 18.4 Å². The number of nitrogens with one attached hydrogen (secondary N) is 1. The van der Waals surface area contributed by atoms with Crippen LogP contribution in [0.5, 0.6) is 0 Å². The maximum Gasteiger partial charge on any atom is 0.287 e. The van der Waals surface area contributed by atoms with Crippen LogP contribution in [0.1, 0.15) is 29.0 Å². The molecule has 0 bridgehead atoms.